The van der Waals surface area contributed by atoms with Crippen molar-refractivity contribution in [3.63, 3.8) is 0 Å². The Kier molecular flexibility index (Phi) is 3.55. The molecule has 0 spiro atoms. The van der Waals surface area contributed by atoms with E-state index in [1.165, 1.54) is 0 Å². The molecule has 0 atom stereocenters. The summed E-state index contributed by atoms with van der Waals surface area (Å²) in [5.41, 5.74) is 3.05. The second-order valence-electron chi connectivity index (χ2n) is 4.96. The number of fused-ring (bicyclic) bond motifs is 1. The van der Waals surface area contributed by atoms with Gasteiger partial charge in [0.1, 0.15) is 5.82 Å². The van der Waals surface area contributed by atoms with Crippen LogP contribution in [0.1, 0.15) is 12.0 Å². The third kappa shape index (κ3) is 3.07. The van der Waals surface area contributed by atoms with Crippen molar-refractivity contribution in [3.05, 3.63) is 42.1 Å². The Morgan fingerprint density at radius 3 is 2.82 bits per heavy atom. The summed E-state index contributed by atoms with van der Waals surface area (Å²) in [6.45, 7) is 0. The highest BCUT2D eigenvalue weighted by Crippen LogP contribution is 2.32. The summed E-state index contributed by atoms with van der Waals surface area (Å²) < 4.78 is 24.5. The van der Waals surface area contributed by atoms with Gasteiger partial charge in [0.15, 0.2) is 0 Å². The molecule has 0 saturated carbocycles. The van der Waals surface area contributed by atoms with Gasteiger partial charge in [0, 0.05) is 18.2 Å². The molecule has 8 heteroatoms. The number of nitrogens with one attached hydrogen (secondary N) is 2. The fourth-order valence-corrected chi connectivity index (χ4v) is 2.93. The Morgan fingerprint density at radius 1 is 1.23 bits per heavy atom. The number of anilines is 2. The lowest BCUT2D eigenvalue weighted by Gasteiger charge is -2.19. The van der Waals surface area contributed by atoms with E-state index in [0.717, 1.165) is 16.7 Å². The molecule has 2 aromatic rings. The molecule has 0 bridgehead atoms. The van der Waals surface area contributed by atoms with Gasteiger partial charge in [-0.15, -0.1) is 0 Å². The summed E-state index contributed by atoms with van der Waals surface area (Å²) in [5, 5.41) is 7.73. The minimum Gasteiger partial charge on any atom is -0.310 e. The third-order valence-electron chi connectivity index (χ3n) is 3.35. The van der Waals surface area contributed by atoms with Crippen molar-refractivity contribution in [3.8, 4) is 11.1 Å². The number of nitrogens with zero attached hydrogens (tertiary/aromatic N) is 1. The molecule has 0 aliphatic carbocycles. The highest BCUT2D eigenvalue weighted by atomic mass is 32.2. The van der Waals surface area contributed by atoms with Gasteiger partial charge in [0.05, 0.1) is 5.69 Å². The lowest BCUT2D eigenvalue weighted by Crippen LogP contribution is -2.21. The quantitative estimate of drug-likeness (QED) is 0.790. The fourth-order valence-electron chi connectivity index (χ4n) is 2.47. The van der Waals surface area contributed by atoms with Gasteiger partial charge in [-0.2, -0.15) is 8.42 Å². The highest BCUT2D eigenvalue weighted by molar-refractivity contribution is 7.90. The largest absolute Gasteiger partial charge is 0.310 e. The molecule has 2 heterocycles. The molecular weight excluding hydrogens is 304 g/mol. The second-order valence-corrected chi connectivity index (χ2v) is 6.26. The van der Waals surface area contributed by atoms with E-state index in [-0.39, 0.29) is 5.91 Å². The van der Waals surface area contributed by atoms with Crippen LogP contribution in [0.15, 0.2) is 36.5 Å². The molecule has 22 heavy (non-hydrogen) atoms. The standard InChI is InChI=1S/C14H14N4O3S/c15-22(20,21)18-10-3-1-2-9(8-10)11-6-7-16-14-12(11)4-5-13(19)17-14/h1-3,6-8,18H,4-5H2,(H2,15,20,21)(H,16,17,19). The van der Waals surface area contributed by atoms with E-state index in [4.69, 9.17) is 5.14 Å². The summed E-state index contributed by atoms with van der Waals surface area (Å²) in [7, 11) is -3.82. The van der Waals surface area contributed by atoms with E-state index in [2.05, 4.69) is 15.0 Å². The number of hydrogen-bond donors (Lipinski definition) is 3. The maximum absolute atomic E-state index is 11.4. The molecule has 7 nitrogen and oxygen atoms in total. The van der Waals surface area contributed by atoms with Gasteiger partial charge in [-0.05, 0) is 35.7 Å². The zero-order valence-electron chi connectivity index (χ0n) is 11.5. The number of rotatable bonds is 3. The molecule has 4 N–H and O–H groups in total. The smallest absolute Gasteiger partial charge is 0.296 e. The molecule has 0 fully saturated rings. The van der Waals surface area contributed by atoms with E-state index < -0.39 is 10.2 Å². The Balaban J connectivity index is 2.04. The molecule has 1 amide bonds. The maximum atomic E-state index is 11.4. The molecule has 1 aliphatic rings. The van der Waals surface area contributed by atoms with Crippen molar-refractivity contribution in [1.29, 1.82) is 0 Å². The Labute approximate surface area is 127 Å². The Bertz CT molecular complexity index is 849. The van der Waals surface area contributed by atoms with Gasteiger partial charge in [-0.25, -0.2) is 10.1 Å². The average Bonchev–Trinajstić information content (AvgIpc) is 2.44. The lowest BCUT2D eigenvalue weighted by molar-refractivity contribution is -0.116. The molecule has 3 rings (SSSR count). The van der Waals surface area contributed by atoms with E-state index in [9.17, 15) is 13.2 Å². The zero-order chi connectivity index (χ0) is 15.7. The molecule has 0 saturated heterocycles. The van der Waals surface area contributed by atoms with Crippen LogP contribution in [0.4, 0.5) is 11.5 Å². The first-order valence-electron chi connectivity index (χ1n) is 6.61. The van der Waals surface area contributed by atoms with Crippen LogP contribution >= 0.6 is 0 Å². The molecule has 1 aliphatic heterocycles. The first-order valence-corrected chi connectivity index (χ1v) is 8.16. The fraction of sp³-hybridized carbons (Fsp3) is 0.143. The number of aromatic nitrogens is 1. The number of hydrogen-bond acceptors (Lipinski definition) is 4. The van der Waals surface area contributed by atoms with Gasteiger partial charge < -0.3 is 5.32 Å². The number of nitrogens with two attached hydrogens (primary N) is 1. The van der Waals surface area contributed by atoms with Crippen molar-refractivity contribution in [2.24, 2.45) is 5.14 Å². The summed E-state index contributed by atoms with van der Waals surface area (Å²) in [6.07, 6.45) is 2.61. The summed E-state index contributed by atoms with van der Waals surface area (Å²) >= 11 is 0. The monoisotopic (exact) mass is 318 g/mol. The predicted molar refractivity (Wildman–Crippen MR) is 83.4 cm³/mol. The van der Waals surface area contributed by atoms with Crippen molar-refractivity contribution in [2.45, 2.75) is 12.8 Å². The van der Waals surface area contributed by atoms with Crippen LogP contribution < -0.4 is 15.2 Å². The second kappa shape index (κ2) is 5.39. The van der Waals surface area contributed by atoms with E-state index >= 15 is 0 Å². The average molecular weight is 318 g/mol. The highest BCUT2D eigenvalue weighted by Gasteiger charge is 2.19. The van der Waals surface area contributed by atoms with Crippen molar-refractivity contribution in [1.82, 2.24) is 4.98 Å². The van der Waals surface area contributed by atoms with Crippen LogP contribution in [0.5, 0.6) is 0 Å². The van der Waals surface area contributed by atoms with Crippen LogP contribution in [-0.4, -0.2) is 19.3 Å². The minimum atomic E-state index is -3.82. The lowest BCUT2D eigenvalue weighted by atomic mass is 9.95. The predicted octanol–water partition coefficient (Wildman–Crippen LogP) is 1.25. The summed E-state index contributed by atoms with van der Waals surface area (Å²) in [4.78, 5) is 15.6. The molecule has 114 valence electrons. The number of amides is 1. The zero-order valence-corrected chi connectivity index (χ0v) is 12.4. The van der Waals surface area contributed by atoms with E-state index in [1.807, 2.05) is 12.1 Å². The molecule has 0 radical (unpaired) electrons. The SMILES string of the molecule is NS(=O)(=O)Nc1cccc(-c2ccnc3c2CCC(=O)N3)c1. The van der Waals surface area contributed by atoms with Gasteiger partial charge >= 0.3 is 0 Å². The molecule has 0 unspecified atom stereocenters. The molecule has 1 aromatic carbocycles. The van der Waals surface area contributed by atoms with Crippen LogP contribution in [0, 0.1) is 0 Å². The van der Waals surface area contributed by atoms with Crippen LogP contribution in [0.3, 0.4) is 0 Å². The van der Waals surface area contributed by atoms with Gasteiger partial charge in [0.2, 0.25) is 5.91 Å². The van der Waals surface area contributed by atoms with Gasteiger partial charge in [-0.1, -0.05) is 12.1 Å². The van der Waals surface area contributed by atoms with Crippen molar-refractivity contribution < 1.29 is 13.2 Å². The number of carbonyl (C=O) groups is 1. The van der Waals surface area contributed by atoms with Gasteiger partial charge in [-0.3, -0.25) is 9.52 Å². The van der Waals surface area contributed by atoms with Crippen LogP contribution in [-0.2, 0) is 21.4 Å². The van der Waals surface area contributed by atoms with Crippen LogP contribution in [0.2, 0.25) is 0 Å². The topological polar surface area (TPSA) is 114 Å². The summed E-state index contributed by atoms with van der Waals surface area (Å²) in [6, 6.07) is 8.74. The van der Waals surface area contributed by atoms with Crippen LogP contribution in [0.25, 0.3) is 11.1 Å². The van der Waals surface area contributed by atoms with E-state index in [1.54, 1.807) is 24.4 Å². The van der Waals surface area contributed by atoms with Gasteiger partial charge in [0.25, 0.3) is 10.2 Å². The number of benzene rings is 1. The third-order valence-corrected chi connectivity index (χ3v) is 3.87. The Hall–Kier alpha value is -2.45. The van der Waals surface area contributed by atoms with Crippen molar-refractivity contribution >= 4 is 27.6 Å². The minimum absolute atomic E-state index is 0.0539. The van der Waals surface area contributed by atoms with E-state index in [0.29, 0.717) is 24.3 Å². The normalized spacial score (nSPS) is 14.1. The first kappa shape index (κ1) is 14.5. The van der Waals surface area contributed by atoms with Crippen molar-refractivity contribution in [2.75, 3.05) is 10.0 Å². The number of carbonyl (C=O) groups excluding carboxylic acids is 1. The summed E-state index contributed by atoms with van der Waals surface area (Å²) in [5.74, 6) is 0.500. The maximum Gasteiger partial charge on any atom is 0.296 e. The first-order chi connectivity index (χ1) is 10.4. The molecule has 1 aromatic heterocycles. The number of pyridine rings is 1. The molecular formula is C14H14N4O3S. The Morgan fingerprint density at radius 2 is 2.05 bits per heavy atom.